The summed E-state index contributed by atoms with van der Waals surface area (Å²) >= 11 is 1.49. The van der Waals surface area contributed by atoms with E-state index in [4.69, 9.17) is 10.5 Å². The number of benzene rings is 1. The van der Waals surface area contributed by atoms with Gasteiger partial charge in [-0.1, -0.05) is 0 Å². The van der Waals surface area contributed by atoms with Crippen molar-refractivity contribution >= 4 is 33.9 Å². The van der Waals surface area contributed by atoms with Crippen LogP contribution in [0.2, 0.25) is 0 Å². The number of aryl methyl sites for hydroxylation is 1. The summed E-state index contributed by atoms with van der Waals surface area (Å²) in [4.78, 5) is 40.8. The molecule has 0 bridgehead atoms. The van der Waals surface area contributed by atoms with E-state index in [1.54, 1.807) is 7.11 Å². The number of likely N-dealkylation sites (tertiary alicyclic amines) is 1. The Morgan fingerprint density at radius 3 is 2.48 bits per heavy atom. The average Bonchev–Trinajstić information content (AvgIpc) is 3.20. The van der Waals surface area contributed by atoms with Crippen LogP contribution in [0, 0.1) is 5.92 Å². The molecular weight excluding hydrogens is 438 g/mol. The minimum Gasteiger partial charge on any atom is -0.497 e. The summed E-state index contributed by atoms with van der Waals surface area (Å²) in [5.41, 5.74) is 7.86. The maximum atomic E-state index is 12.8. The van der Waals surface area contributed by atoms with E-state index < -0.39 is 5.91 Å². The molecule has 1 aliphatic carbocycles. The van der Waals surface area contributed by atoms with Crippen LogP contribution < -0.4 is 15.8 Å². The third kappa shape index (κ3) is 5.45. The van der Waals surface area contributed by atoms with Crippen LogP contribution in [-0.2, 0) is 17.6 Å². The van der Waals surface area contributed by atoms with Crippen LogP contribution in [0.3, 0.4) is 0 Å². The quantitative estimate of drug-likeness (QED) is 0.575. The molecule has 1 aromatic heterocycles. The first-order chi connectivity index (χ1) is 16.0. The number of carbonyl (C=O) groups excluding carboxylic acids is 3. The van der Waals surface area contributed by atoms with Gasteiger partial charge in [0.1, 0.15) is 10.8 Å². The monoisotopic (exact) mass is 469 g/mol. The Labute approximate surface area is 198 Å². The van der Waals surface area contributed by atoms with Crippen LogP contribution in [0.4, 0.5) is 5.00 Å². The fourth-order valence-electron chi connectivity index (χ4n) is 4.77. The average molecular weight is 470 g/mol. The highest BCUT2D eigenvalue weighted by Gasteiger charge is 2.27. The van der Waals surface area contributed by atoms with Crippen molar-refractivity contribution in [1.29, 1.82) is 0 Å². The predicted octanol–water partition coefficient (Wildman–Crippen LogP) is 3.66. The van der Waals surface area contributed by atoms with Crippen molar-refractivity contribution in [3.05, 3.63) is 45.8 Å². The summed E-state index contributed by atoms with van der Waals surface area (Å²) in [5, 5.41) is 3.53. The molecule has 176 valence electrons. The first-order valence-corrected chi connectivity index (χ1v) is 12.4. The maximum absolute atomic E-state index is 12.8. The largest absolute Gasteiger partial charge is 0.497 e. The summed E-state index contributed by atoms with van der Waals surface area (Å²) in [6.07, 6.45) is 5.87. The molecular formula is C25H31N3O4S. The predicted molar refractivity (Wildman–Crippen MR) is 129 cm³/mol. The van der Waals surface area contributed by atoms with E-state index in [1.165, 1.54) is 16.2 Å². The van der Waals surface area contributed by atoms with Crippen LogP contribution in [0.1, 0.15) is 63.3 Å². The smallest absolute Gasteiger partial charge is 0.251 e. The number of ether oxygens (including phenoxy) is 1. The van der Waals surface area contributed by atoms with Gasteiger partial charge in [-0.2, -0.15) is 0 Å². The van der Waals surface area contributed by atoms with Crippen molar-refractivity contribution in [2.24, 2.45) is 11.7 Å². The molecule has 1 fully saturated rings. The second kappa shape index (κ2) is 10.5. The topological polar surface area (TPSA) is 102 Å². The van der Waals surface area contributed by atoms with E-state index in [-0.39, 0.29) is 17.6 Å². The second-order valence-electron chi connectivity index (χ2n) is 8.79. The summed E-state index contributed by atoms with van der Waals surface area (Å²) in [6.45, 7) is 2.21. The minimum atomic E-state index is -0.465. The highest BCUT2D eigenvalue weighted by atomic mass is 32.1. The lowest BCUT2D eigenvalue weighted by molar-refractivity contribution is -0.116. The lowest BCUT2D eigenvalue weighted by Gasteiger charge is -2.31. The number of primary amides is 1. The number of thiophene rings is 1. The van der Waals surface area contributed by atoms with Crippen molar-refractivity contribution in [2.75, 3.05) is 32.1 Å². The number of rotatable bonds is 8. The normalized spacial score (nSPS) is 16.8. The van der Waals surface area contributed by atoms with E-state index >= 15 is 0 Å². The zero-order chi connectivity index (χ0) is 23.4. The maximum Gasteiger partial charge on any atom is 0.251 e. The number of nitrogens with zero attached hydrogens (tertiary/aromatic N) is 1. The number of anilines is 1. The summed E-state index contributed by atoms with van der Waals surface area (Å²) in [5.74, 6) is 0.362. The number of hydrogen-bond acceptors (Lipinski definition) is 6. The van der Waals surface area contributed by atoms with Crippen LogP contribution in [0.5, 0.6) is 5.75 Å². The number of hydrogen-bond donors (Lipinski definition) is 2. The van der Waals surface area contributed by atoms with Crippen molar-refractivity contribution in [3.8, 4) is 5.75 Å². The van der Waals surface area contributed by atoms with Gasteiger partial charge in [0.25, 0.3) is 5.91 Å². The fraction of sp³-hybridized carbons (Fsp3) is 0.480. The van der Waals surface area contributed by atoms with Gasteiger partial charge in [-0.25, -0.2) is 0 Å². The molecule has 2 heterocycles. The second-order valence-corrected chi connectivity index (χ2v) is 9.89. The van der Waals surface area contributed by atoms with Crippen LogP contribution in [0.15, 0.2) is 24.3 Å². The summed E-state index contributed by atoms with van der Waals surface area (Å²) in [7, 11) is 1.61. The van der Waals surface area contributed by atoms with E-state index in [1.807, 2.05) is 24.3 Å². The molecule has 4 rings (SSSR count). The SMILES string of the molecule is COc1ccc(C(=O)C2CCN(CCC(=O)Nc3sc4c(c3C(N)=O)CCCC4)CC2)cc1. The number of nitrogens with one attached hydrogen (secondary N) is 1. The molecule has 0 radical (unpaired) electrons. The van der Waals surface area contributed by atoms with E-state index in [9.17, 15) is 14.4 Å². The Hall–Kier alpha value is -2.71. The van der Waals surface area contributed by atoms with Gasteiger partial charge in [0.05, 0.1) is 12.7 Å². The minimum absolute atomic E-state index is 0.0130. The lowest BCUT2D eigenvalue weighted by Crippen LogP contribution is -2.38. The van der Waals surface area contributed by atoms with Crippen LogP contribution in [-0.4, -0.2) is 49.2 Å². The van der Waals surface area contributed by atoms with Gasteiger partial charge in [0.2, 0.25) is 5.91 Å². The van der Waals surface area contributed by atoms with Gasteiger partial charge in [-0.3, -0.25) is 14.4 Å². The molecule has 0 atom stereocenters. The summed E-state index contributed by atoms with van der Waals surface area (Å²) in [6, 6.07) is 7.27. The van der Waals surface area contributed by atoms with Crippen molar-refractivity contribution in [1.82, 2.24) is 4.90 Å². The molecule has 0 spiro atoms. The number of fused-ring (bicyclic) bond motifs is 1. The molecule has 2 aliphatic rings. The fourth-order valence-corrected chi connectivity index (χ4v) is 6.08. The van der Waals surface area contributed by atoms with E-state index in [2.05, 4.69) is 10.2 Å². The number of nitrogens with two attached hydrogens (primary N) is 1. The van der Waals surface area contributed by atoms with Gasteiger partial charge in [-0.15, -0.1) is 11.3 Å². The molecule has 3 N–H and O–H groups in total. The Bertz CT molecular complexity index is 1020. The molecule has 8 heteroatoms. The third-order valence-corrected chi connectivity index (χ3v) is 7.87. The van der Waals surface area contributed by atoms with Crippen LogP contribution >= 0.6 is 11.3 Å². The molecule has 2 amide bonds. The number of piperidine rings is 1. The Balaban J connectivity index is 1.26. The van der Waals surface area contributed by atoms with E-state index in [0.29, 0.717) is 23.5 Å². The molecule has 1 aliphatic heterocycles. The molecule has 7 nitrogen and oxygen atoms in total. The van der Waals surface area contributed by atoms with Crippen molar-refractivity contribution in [3.63, 3.8) is 0 Å². The standard InChI is InChI=1S/C25H31N3O4S/c1-32-18-8-6-16(7-9-18)23(30)17-10-13-28(14-11-17)15-12-21(29)27-25-22(24(26)31)19-4-2-3-5-20(19)33-25/h6-9,17H,2-5,10-15H2,1H3,(H2,26,31)(H,27,29). The van der Waals surface area contributed by atoms with Gasteiger partial charge >= 0.3 is 0 Å². The Morgan fingerprint density at radius 1 is 1.12 bits per heavy atom. The first-order valence-electron chi connectivity index (χ1n) is 11.6. The van der Waals surface area contributed by atoms with Crippen molar-refractivity contribution in [2.45, 2.75) is 44.9 Å². The molecule has 33 heavy (non-hydrogen) atoms. The molecule has 0 saturated carbocycles. The molecule has 0 unspecified atom stereocenters. The van der Waals surface area contributed by atoms with Gasteiger partial charge in [-0.05, 0) is 81.4 Å². The number of methoxy groups -OCH3 is 1. The number of ketones is 1. The lowest BCUT2D eigenvalue weighted by atomic mass is 9.89. The van der Waals surface area contributed by atoms with Crippen LogP contribution in [0.25, 0.3) is 0 Å². The molecule has 1 aromatic carbocycles. The van der Waals surface area contributed by atoms with Gasteiger partial charge in [0, 0.05) is 29.3 Å². The highest BCUT2D eigenvalue weighted by Crippen LogP contribution is 2.38. The third-order valence-electron chi connectivity index (χ3n) is 6.66. The highest BCUT2D eigenvalue weighted by molar-refractivity contribution is 7.17. The number of amides is 2. The Morgan fingerprint density at radius 2 is 1.82 bits per heavy atom. The van der Waals surface area contributed by atoms with Crippen molar-refractivity contribution < 1.29 is 19.1 Å². The van der Waals surface area contributed by atoms with Gasteiger partial charge in [0.15, 0.2) is 5.78 Å². The van der Waals surface area contributed by atoms with Gasteiger partial charge < -0.3 is 20.7 Å². The molecule has 1 saturated heterocycles. The zero-order valence-electron chi connectivity index (χ0n) is 19.0. The number of Topliss-reactive ketones (excluding diaryl/α,β-unsaturated/α-hetero) is 1. The van der Waals surface area contributed by atoms with E-state index in [0.717, 1.165) is 68.5 Å². The Kier molecular flexibility index (Phi) is 7.45. The number of carbonyl (C=O) groups is 3. The summed E-state index contributed by atoms with van der Waals surface area (Å²) < 4.78 is 5.16. The molecule has 2 aromatic rings. The first kappa shape index (κ1) is 23.4. The zero-order valence-corrected chi connectivity index (χ0v) is 19.8.